The Bertz CT molecular complexity index is 2360. The lowest BCUT2D eigenvalue weighted by Crippen LogP contribution is -2.52. The molecule has 1 aromatic rings. The zero-order valence-electron chi connectivity index (χ0n) is 32.3. The molecule has 1 aliphatic carbocycles. The molecule has 0 saturated heterocycles. The number of fused-ring (bicyclic) bond motifs is 2. The van der Waals surface area contributed by atoms with Gasteiger partial charge in [0.05, 0.1) is 24.2 Å². The zero-order chi connectivity index (χ0) is 46.6. The number of aliphatic carboxylic acids is 4. The van der Waals surface area contributed by atoms with Gasteiger partial charge in [0.15, 0.2) is 5.43 Å². The number of carbonyl (C=O) groups is 7. The minimum Gasteiger partial charge on any atom is -0.481 e. The fourth-order valence-corrected chi connectivity index (χ4v) is 6.59. The number of aromatic nitrogens is 3. The van der Waals surface area contributed by atoms with Crippen LogP contribution in [0.25, 0.3) is 22.3 Å². The van der Waals surface area contributed by atoms with E-state index in [-0.39, 0.29) is 16.7 Å². The van der Waals surface area contributed by atoms with Crippen LogP contribution in [0.15, 0.2) is 38.6 Å². The zero-order valence-corrected chi connectivity index (χ0v) is 33.2. The van der Waals surface area contributed by atoms with Crippen molar-refractivity contribution < 1.29 is 87.8 Å². The van der Waals surface area contributed by atoms with E-state index in [0.29, 0.717) is 5.56 Å². The third kappa shape index (κ3) is 14.7. The molecule has 0 radical (unpaired) electrons. The molecule has 8 atom stereocenters. The number of amides is 3. The molecule has 0 bridgehead atoms. The number of benzene rings is 1. The summed E-state index contributed by atoms with van der Waals surface area (Å²) in [6, 6.07) is -0.272. The van der Waals surface area contributed by atoms with Gasteiger partial charge in [0.1, 0.15) is 48.2 Å². The van der Waals surface area contributed by atoms with Crippen LogP contribution in [-0.2, 0) is 53.7 Å². The molecule has 0 saturated carbocycles. The number of pyridine rings is 1. The maximum atomic E-state index is 12.7. The normalized spacial score (nSPS) is 15.8. The Labute approximate surface area is 346 Å². The molecule has 62 heavy (non-hydrogen) atoms. The van der Waals surface area contributed by atoms with Gasteiger partial charge in [-0.25, -0.2) is 18.9 Å². The van der Waals surface area contributed by atoms with Gasteiger partial charge in [-0.15, -0.1) is 0 Å². The summed E-state index contributed by atoms with van der Waals surface area (Å²) in [7, 11) is -5.33. The molecule has 0 fully saturated rings. The molecule has 3 amide bonds. The van der Waals surface area contributed by atoms with Crippen LogP contribution in [0, 0.1) is 0 Å². The van der Waals surface area contributed by atoms with Crippen LogP contribution in [-0.4, -0.2) is 146 Å². The number of carbonyl (C=O) groups excluding carboxylic acids is 3. The maximum absolute atomic E-state index is 12.7. The molecule has 28 heteroatoms. The van der Waals surface area contributed by atoms with Crippen molar-refractivity contribution >= 4 is 60.5 Å². The number of nitrogens with one attached hydrogen (secondary N) is 5. The summed E-state index contributed by atoms with van der Waals surface area (Å²) in [5.41, 5.74) is -2.03. The summed E-state index contributed by atoms with van der Waals surface area (Å²) >= 11 is 0. The van der Waals surface area contributed by atoms with E-state index in [0.717, 1.165) is 17.6 Å². The standard InChI is InChI=1S/C34H43N6O21P/c1-14(29(50)36-19(32(53)54)4-7-24(44)35-18(5-8-25(45)46)31(52)37-20(33(55)56)6-9-26(47)48)61-62(58,59)60-13-23(43)27(49)22(42)12-40-21-11-16(41)3-2-15(21)10-17-28(40)38-34(57)39-30(17)51/h2-3,10-11,14,18-20,22-23,27,42-43,49H,4-9,12-13H2,1H3,(H,35,44)(H,36,50)(H,37,52)(H,45,46)(H,47,48)(H,53,54)(H,55,56)(H,58,59)(H2,38,39,51,57)/t14-,18-,19-,20-,22-,23+,27-/m0/s1. The fraction of sp³-hybridized carbons (Fsp3) is 0.471. The van der Waals surface area contributed by atoms with Crippen LogP contribution in [0.2, 0.25) is 0 Å². The first kappa shape index (κ1) is 50.0. The Balaban J connectivity index is 1.59. The van der Waals surface area contributed by atoms with E-state index >= 15 is 0 Å². The van der Waals surface area contributed by atoms with Gasteiger partial charge in [-0.05, 0) is 49.9 Å². The van der Waals surface area contributed by atoms with Crippen LogP contribution in [0.4, 0.5) is 0 Å². The Morgan fingerprint density at radius 2 is 1.32 bits per heavy atom. The van der Waals surface area contributed by atoms with Crippen molar-refractivity contribution in [1.29, 1.82) is 0 Å². The number of aliphatic hydroxyl groups is 3. The second-order valence-electron chi connectivity index (χ2n) is 13.6. The van der Waals surface area contributed by atoms with Gasteiger partial charge in [0.25, 0.3) is 5.56 Å². The number of rotatable bonds is 25. The van der Waals surface area contributed by atoms with Gasteiger partial charge in [-0.1, -0.05) is 0 Å². The molecule has 1 aromatic heterocycles. The first-order valence-electron chi connectivity index (χ1n) is 18.2. The fourth-order valence-electron chi connectivity index (χ4n) is 5.70. The Morgan fingerprint density at radius 1 is 0.758 bits per heavy atom. The van der Waals surface area contributed by atoms with E-state index in [1.54, 1.807) is 0 Å². The van der Waals surface area contributed by atoms with Crippen LogP contribution < -0.4 is 32.6 Å². The predicted octanol–water partition coefficient (Wildman–Crippen LogP) is -3.78. The van der Waals surface area contributed by atoms with Crippen molar-refractivity contribution in [3.05, 3.63) is 55.3 Å². The molecular weight excluding hydrogens is 859 g/mol. The number of hydrogen-bond donors (Lipinski definition) is 13. The minimum atomic E-state index is -5.33. The van der Waals surface area contributed by atoms with Crippen molar-refractivity contribution in [1.82, 2.24) is 30.5 Å². The van der Waals surface area contributed by atoms with E-state index in [1.165, 1.54) is 18.2 Å². The molecule has 1 aliphatic heterocycles. The average Bonchev–Trinajstić information content (AvgIpc) is 3.17. The molecule has 1 unspecified atom stereocenters. The third-order valence-corrected chi connectivity index (χ3v) is 9.94. The van der Waals surface area contributed by atoms with Gasteiger partial charge in [-0.2, -0.15) is 0 Å². The largest absolute Gasteiger partial charge is 0.481 e. The topological polar surface area (TPSA) is 441 Å². The van der Waals surface area contributed by atoms with E-state index in [1.807, 2.05) is 15.6 Å². The van der Waals surface area contributed by atoms with Gasteiger partial charge in [0, 0.05) is 25.3 Å². The highest BCUT2D eigenvalue weighted by Crippen LogP contribution is 2.44. The number of nitrogens with zero attached hydrogens (tertiary/aromatic N) is 1. The maximum Gasteiger partial charge on any atom is 0.473 e. The van der Waals surface area contributed by atoms with Crippen LogP contribution in [0.1, 0.15) is 45.4 Å². The molecule has 0 spiro atoms. The molecular formula is C34H43N6O21P. The second-order valence-corrected chi connectivity index (χ2v) is 15.0. The molecule has 13 N–H and O–H groups in total. The molecule has 2 heterocycles. The minimum absolute atomic E-state index is 0.0788. The molecule has 0 aromatic carbocycles. The van der Waals surface area contributed by atoms with Gasteiger partial charge < -0.3 is 61.2 Å². The summed E-state index contributed by atoms with van der Waals surface area (Å²) in [6.07, 6.45) is -12.2. The Hall–Kier alpha value is -6.35. The van der Waals surface area contributed by atoms with E-state index in [4.69, 9.17) is 14.7 Å². The average molecular weight is 903 g/mol. The summed E-state index contributed by atoms with van der Waals surface area (Å²) in [5, 5.41) is 74.7. The van der Waals surface area contributed by atoms with Crippen molar-refractivity contribution in [3.8, 4) is 11.3 Å². The number of phosphoric acid groups is 1. The van der Waals surface area contributed by atoms with Gasteiger partial charge >= 0.3 is 37.4 Å². The summed E-state index contributed by atoms with van der Waals surface area (Å²) < 4.78 is 23.1. The number of hydrogen-bond acceptors (Lipinski definition) is 16. The highest BCUT2D eigenvalue weighted by atomic mass is 31.2. The number of aromatic amines is 2. The highest BCUT2D eigenvalue weighted by Gasteiger charge is 2.35. The lowest BCUT2D eigenvalue weighted by atomic mass is 10.0. The lowest BCUT2D eigenvalue weighted by Gasteiger charge is -2.26. The first-order valence-corrected chi connectivity index (χ1v) is 19.7. The smallest absolute Gasteiger partial charge is 0.473 e. The van der Waals surface area contributed by atoms with Gasteiger partial charge in [-0.3, -0.25) is 52.6 Å². The lowest BCUT2D eigenvalue weighted by molar-refractivity contribution is -0.144. The first-order chi connectivity index (χ1) is 28.9. The van der Waals surface area contributed by atoms with E-state index in [9.17, 15) is 82.9 Å². The second kappa shape index (κ2) is 22.0. The number of carboxylic acid groups (broad SMARTS) is 4. The van der Waals surface area contributed by atoms with Crippen LogP contribution in [0.3, 0.4) is 0 Å². The quantitative estimate of drug-likeness (QED) is 0.0287. The van der Waals surface area contributed by atoms with Crippen molar-refractivity contribution in [2.24, 2.45) is 0 Å². The van der Waals surface area contributed by atoms with E-state index in [2.05, 4.69) is 14.8 Å². The van der Waals surface area contributed by atoms with Crippen molar-refractivity contribution in [2.75, 3.05) is 6.61 Å². The predicted molar refractivity (Wildman–Crippen MR) is 204 cm³/mol. The third-order valence-electron chi connectivity index (χ3n) is 8.88. The Kier molecular flexibility index (Phi) is 17.7. The number of phosphoric ester groups is 1. The molecule has 27 nitrogen and oxygen atoms in total. The van der Waals surface area contributed by atoms with Crippen molar-refractivity contribution in [3.63, 3.8) is 0 Å². The molecule has 2 aliphatic rings. The number of H-pyrrole nitrogens is 2. The SMILES string of the molecule is C[C@H](OP(=O)(O)OC[C@@H](O)[C@@H](O)[C@@H](O)Cn1c2cc(=O)ccc-2cc2c(=O)[nH]c(=O)[nH]c21)C(=O)N[C@@H](CCC(=O)N[C@@H](CCC(=O)O)C(=O)N[C@@H](CCC(=O)O)C(=O)O)C(=O)O. The summed E-state index contributed by atoms with van der Waals surface area (Å²) in [6.45, 7) is -1.01. The highest BCUT2D eigenvalue weighted by molar-refractivity contribution is 7.47. The number of carboxylic acids is 4. The van der Waals surface area contributed by atoms with Crippen LogP contribution in [0.5, 0.6) is 0 Å². The Morgan fingerprint density at radius 3 is 1.90 bits per heavy atom. The number of aliphatic hydroxyl groups excluding tert-OH is 3. The monoisotopic (exact) mass is 902 g/mol. The molecule has 340 valence electrons. The van der Waals surface area contributed by atoms with E-state index < -0.39 is 160 Å². The molecule has 3 rings (SSSR count). The summed E-state index contributed by atoms with van der Waals surface area (Å²) in [5.74, 6) is -9.72. The van der Waals surface area contributed by atoms with Crippen molar-refractivity contribution in [2.45, 2.75) is 94.5 Å². The summed E-state index contributed by atoms with van der Waals surface area (Å²) in [4.78, 5) is 135. The van der Waals surface area contributed by atoms with Crippen LogP contribution >= 0.6 is 7.82 Å². The van der Waals surface area contributed by atoms with Gasteiger partial charge in [0.2, 0.25) is 17.7 Å².